The van der Waals surface area contributed by atoms with E-state index in [0.29, 0.717) is 5.92 Å². The summed E-state index contributed by atoms with van der Waals surface area (Å²) in [5, 5.41) is 8.42. The number of rotatable bonds is 0. The van der Waals surface area contributed by atoms with Gasteiger partial charge in [0.25, 0.3) is 0 Å². The Balaban J connectivity index is 2.06. The first kappa shape index (κ1) is 10.5. The molecule has 2 heteroatoms. The molecule has 1 heterocycles. The number of allylic oxidation sites excluding steroid dienone is 4. The topological polar surface area (TPSA) is 36.7 Å². The van der Waals surface area contributed by atoms with E-state index < -0.39 is 0 Å². The van der Waals surface area contributed by atoms with Crippen LogP contribution in [0.15, 0.2) is 42.3 Å². The van der Waals surface area contributed by atoms with Gasteiger partial charge in [0.05, 0.1) is 0 Å². The molecular weight excluding hydrogens is 208 g/mol. The highest BCUT2D eigenvalue weighted by Gasteiger charge is 2.25. The van der Waals surface area contributed by atoms with Crippen LogP contribution in [0.25, 0.3) is 0 Å². The number of nitrogens with one attached hydrogen (secondary N) is 1. The van der Waals surface area contributed by atoms with Gasteiger partial charge in [-0.1, -0.05) is 23.8 Å². The number of nitrogens with zero attached hydrogens (tertiary/aromatic N) is 1. The molecule has 0 radical (unpaired) electrons. The van der Waals surface area contributed by atoms with Gasteiger partial charge in [-0.05, 0) is 37.3 Å². The zero-order valence-corrected chi connectivity index (χ0v) is 9.82. The normalized spacial score (nSPS) is 23.2. The number of aromatic nitrogens is 1. The molecule has 0 amide bonds. The molecule has 3 rings (SSSR count). The average Bonchev–Trinajstić information content (AvgIpc) is 2.66. The van der Waals surface area contributed by atoms with Crippen LogP contribution in [0.4, 0.5) is 0 Å². The van der Waals surface area contributed by atoms with Crippen molar-refractivity contribution < 1.29 is 0 Å². The predicted molar refractivity (Wildman–Crippen MR) is 69.3 cm³/mol. The molecule has 0 fully saturated rings. The predicted octanol–water partition coefficient (Wildman–Crippen LogP) is 3.29. The first-order valence-electron chi connectivity index (χ1n) is 6.23. The molecule has 2 aliphatic rings. The highest BCUT2D eigenvalue weighted by molar-refractivity contribution is 6.03. The van der Waals surface area contributed by atoms with Gasteiger partial charge in [-0.15, -0.1) is 0 Å². The summed E-state index contributed by atoms with van der Waals surface area (Å²) in [6, 6.07) is 2.06. The van der Waals surface area contributed by atoms with Gasteiger partial charge >= 0.3 is 0 Å². The Morgan fingerprint density at radius 2 is 2.24 bits per heavy atom. The molecule has 0 spiro atoms. The summed E-state index contributed by atoms with van der Waals surface area (Å²) in [4.78, 5) is 4.18. The first-order valence-corrected chi connectivity index (χ1v) is 6.23. The van der Waals surface area contributed by atoms with E-state index in [4.69, 9.17) is 5.41 Å². The van der Waals surface area contributed by atoms with E-state index in [2.05, 4.69) is 29.3 Å². The summed E-state index contributed by atoms with van der Waals surface area (Å²) in [5.41, 5.74) is 4.52. The molecule has 17 heavy (non-hydrogen) atoms. The average molecular weight is 224 g/mol. The summed E-state index contributed by atoms with van der Waals surface area (Å²) >= 11 is 0. The maximum Gasteiger partial charge on any atom is 0.0476 e. The van der Waals surface area contributed by atoms with E-state index in [-0.39, 0.29) is 0 Å². The smallest absolute Gasteiger partial charge is 0.0476 e. The highest BCUT2D eigenvalue weighted by Crippen LogP contribution is 2.32. The largest absolute Gasteiger partial charge is 0.304 e. The number of fused-ring (bicyclic) bond motifs is 2. The maximum absolute atomic E-state index is 8.42. The number of hydrogen-bond donors (Lipinski definition) is 1. The Bertz CT molecular complexity index is 511. The third-order valence-corrected chi connectivity index (χ3v) is 3.75. The van der Waals surface area contributed by atoms with Crippen LogP contribution in [-0.2, 0) is 6.42 Å². The van der Waals surface area contributed by atoms with E-state index in [1.807, 2.05) is 12.4 Å². The fourth-order valence-electron chi connectivity index (χ4n) is 2.79. The van der Waals surface area contributed by atoms with Crippen LogP contribution in [0.2, 0.25) is 0 Å². The molecular formula is C15H16N2. The van der Waals surface area contributed by atoms with Crippen molar-refractivity contribution in [2.75, 3.05) is 0 Å². The monoisotopic (exact) mass is 224 g/mol. The van der Waals surface area contributed by atoms with E-state index in [1.165, 1.54) is 11.1 Å². The van der Waals surface area contributed by atoms with Crippen molar-refractivity contribution in [2.45, 2.75) is 25.7 Å². The zero-order chi connectivity index (χ0) is 11.7. The van der Waals surface area contributed by atoms with Crippen LogP contribution in [0.1, 0.15) is 30.4 Å². The first-order chi connectivity index (χ1) is 8.36. The molecule has 0 aliphatic heterocycles. The molecule has 2 nitrogen and oxygen atoms in total. The molecule has 1 N–H and O–H groups in total. The number of pyridine rings is 1. The standard InChI is InChI=1S/C15H16N2/c16-15-13-5-3-1-2-4-11(13)6-7-12-8-9-17-10-14(12)15/h1-2,4,8-10,13,16H,3,5-7H2. The minimum Gasteiger partial charge on any atom is -0.304 e. The van der Waals surface area contributed by atoms with Crippen LogP contribution < -0.4 is 0 Å². The molecule has 0 aromatic carbocycles. The molecule has 1 unspecified atom stereocenters. The van der Waals surface area contributed by atoms with Gasteiger partial charge in [-0.25, -0.2) is 0 Å². The summed E-state index contributed by atoms with van der Waals surface area (Å²) in [6.45, 7) is 0. The van der Waals surface area contributed by atoms with Crippen molar-refractivity contribution in [3.05, 3.63) is 53.4 Å². The Labute approximate surface area is 102 Å². The molecule has 1 aromatic rings. The van der Waals surface area contributed by atoms with Crippen molar-refractivity contribution in [1.29, 1.82) is 5.41 Å². The Morgan fingerprint density at radius 1 is 1.29 bits per heavy atom. The van der Waals surface area contributed by atoms with Gasteiger partial charge in [0.1, 0.15) is 0 Å². The Hall–Kier alpha value is -1.70. The fraction of sp³-hybridized carbons (Fsp3) is 0.333. The lowest BCUT2D eigenvalue weighted by molar-refractivity contribution is 0.694. The van der Waals surface area contributed by atoms with E-state index in [9.17, 15) is 0 Å². The maximum atomic E-state index is 8.42. The molecule has 86 valence electrons. The minimum absolute atomic E-state index is 0.301. The third kappa shape index (κ3) is 1.84. The van der Waals surface area contributed by atoms with Gasteiger partial charge < -0.3 is 5.41 Å². The third-order valence-electron chi connectivity index (χ3n) is 3.75. The molecule has 0 saturated heterocycles. The lowest BCUT2D eigenvalue weighted by Gasteiger charge is -2.17. The second kappa shape index (κ2) is 4.28. The van der Waals surface area contributed by atoms with Crippen molar-refractivity contribution in [1.82, 2.24) is 4.98 Å². The number of aryl methyl sites for hydroxylation is 1. The van der Waals surface area contributed by atoms with Gasteiger partial charge in [-0.3, -0.25) is 4.98 Å². The molecule has 0 bridgehead atoms. The lowest BCUT2D eigenvalue weighted by atomic mass is 9.88. The molecule has 2 aliphatic carbocycles. The molecule has 1 atom stereocenters. The van der Waals surface area contributed by atoms with Crippen LogP contribution in [0.5, 0.6) is 0 Å². The quantitative estimate of drug-likeness (QED) is 0.721. The molecule has 1 aromatic heterocycles. The zero-order valence-electron chi connectivity index (χ0n) is 9.82. The van der Waals surface area contributed by atoms with Crippen LogP contribution in [-0.4, -0.2) is 10.7 Å². The SMILES string of the molecule is N=C1c2cnccc2CCC2=CC=CCCC12. The van der Waals surface area contributed by atoms with Gasteiger partial charge in [0.15, 0.2) is 0 Å². The van der Waals surface area contributed by atoms with E-state index in [1.54, 1.807) is 0 Å². The summed E-state index contributed by atoms with van der Waals surface area (Å²) in [5.74, 6) is 0.301. The van der Waals surface area contributed by atoms with Crippen LogP contribution in [0, 0.1) is 11.3 Å². The summed E-state index contributed by atoms with van der Waals surface area (Å²) in [7, 11) is 0. The summed E-state index contributed by atoms with van der Waals surface area (Å²) < 4.78 is 0. The van der Waals surface area contributed by atoms with Gasteiger partial charge in [0, 0.05) is 29.6 Å². The lowest BCUT2D eigenvalue weighted by Crippen LogP contribution is -2.16. The molecule has 0 saturated carbocycles. The number of hydrogen-bond acceptors (Lipinski definition) is 2. The Kier molecular flexibility index (Phi) is 2.63. The van der Waals surface area contributed by atoms with E-state index in [0.717, 1.165) is 37.0 Å². The van der Waals surface area contributed by atoms with Gasteiger partial charge in [0.2, 0.25) is 0 Å². The second-order valence-corrected chi connectivity index (χ2v) is 4.75. The van der Waals surface area contributed by atoms with Crippen LogP contribution in [0.3, 0.4) is 0 Å². The van der Waals surface area contributed by atoms with Gasteiger partial charge in [-0.2, -0.15) is 0 Å². The minimum atomic E-state index is 0.301. The van der Waals surface area contributed by atoms with E-state index >= 15 is 0 Å². The summed E-state index contributed by atoms with van der Waals surface area (Å²) in [6.07, 6.45) is 14.5. The van der Waals surface area contributed by atoms with Crippen molar-refractivity contribution >= 4 is 5.71 Å². The van der Waals surface area contributed by atoms with Crippen molar-refractivity contribution in [2.24, 2.45) is 5.92 Å². The fourth-order valence-corrected chi connectivity index (χ4v) is 2.79. The van der Waals surface area contributed by atoms with Crippen LogP contribution >= 0.6 is 0 Å². The van der Waals surface area contributed by atoms with Crippen molar-refractivity contribution in [3.63, 3.8) is 0 Å². The van der Waals surface area contributed by atoms with Crippen molar-refractivity contribution in [3.8, 4) is 0 Å². The Morgan fingerprint density at radius 3 is 3.18 bits per heavy atom. The highest BCUT2D eigenvalue weighted by atomic mass is 14.6. The second-order valence-electron chi connectivity index (χ2n) is 4.75.